The average molecular weight is 402 g/mol. The summed E-state index contributed by atoms with van der Waals surface area (Å²) >= 11 is 8.34. The lowest BCUT2D eigenvalue weighted by Gasteiger charge is -2.20. The molecule has 106 valence electrons. The number of methoxy groups -OCH3 is 1. The van der Waals surface area contributed by atoms with Gasteiger partial charge in [0.15, 0.2) is 0 Å². The van der Waals surface area contributed by atoms with E-state index in [9.17, 15) is 0 Å². The first-order chi connectivity index (χ1) is 9.63. The SMILES string of the molecule is CNC(Cc1ccc(I)cc1)c1ccc(Cl)cc1OC. The summed E-state index contributed by atoms with van der Waals surface area (Å²) in [5, 5.41) is 4.04. The Kier molecular flexibility index (Phi) is 5.69. The molecule has 0 aliphatic carbocycles. The van der Waals surface area contributed by atoms with Gasteiger partial charge in [0.2, 0.25) is 0 Å². The molecular formula is C16H17ClINO. The molecule has 2 rings (SSSR count). The van der Waals surface area contributed by atoms with Crippen molar-refractivity contribution in [2.45, 2.75) is 12.5 Å². The minimum absolute atomic E-state index is 0.197. The highest BCUT2D eigenvalue weighted by molar-refractivity contribution is 14.1. The zero-order valence-corrected chi connectivity index (χ0v) is 14.4. The fourth-order valence-electron chi connectivity index (χ4n) is 2.20. The van der Waals surface area contributed by atoms with E-state index in [2.05, 4.69) is 52.2 Å². The van der Waals surface area contributed by atoms with Crippen molar-refractivity contribution in [2.24, 2.45) is 0 Å². The van der Waals surface area contributed by atoms with Gasteiger partial charge in [0, 0.05) is 20.2 Å². The number of benzene rings is 2. The zero-order chi connectivity index (χ0) is 14.5. The lowest BCUT2D eigenvalue weighted by molar-refractivity contribution is 0.401. The summed E-state index contributed by atoms with van der Waals surface area (Å²) < 4.78 is 6.69. The normalized spacial score (nSPS) is 12.2. The molecule has 20 heavy (non-hydrogen) atoms. The van der Waals surface area contributed by atoms with Gasteiger partial charge >= 0.3 is 0 Å². The molecule has 1 atom stereocenters. The van der Waals surface area contributed by atoms with Crippen molar-refractivity contribution < 1.29 is 4.74 Å². The summed E-state index contributed by atoms with van der Waals surface area (Å²) in [6.07, 6.45) is 0.908. The van der Waals surface area contributed by atoms with Crippen molar-refractivity contribution in [2.75, 3.05) is 14.2 Å². The highest BCUT2D eigenvalue weighted by Crippen LogP contribution is 2.30. The van der Waals surface area contributed by atoms with Gasteiger partial charge in [0.1, 0.15) is 5.75 Å². The van der Waals surface area contributed by atoms with Gasteiger partial charge in [0.05, 0.1) is 7.11 Å². The molecule has 0 spiro atoms. The van der Waals surface area contributed by atoms with E-state index in [4.69, 9.17) is 16.3 Å². The molecule has 0 fully saturated rings. The largest absolute Gasteiger partial charge is 0.496 e. The third-order valence-electron chi connectivity index (χ3n) is 3.27. The van der Waals surface area contributed by atoms with Crippen molar-refractivity contribution in [1.29, 1.82) is 0 Å². The summed E-state index contributed by atoms with van der Waals surface area (Å²) in [5.74, 6) is 0.822. The molecule has 0 heterocycles. The molecule has 2 aromatic rings. The predicted molar refractivity (Wildman–Crippen MR) is 92.7 cm³/mol. The van der Waals surface area contributed by atoms with Crippen LogP contribution >= 0.6 is 34.2 Å². The van der Waals surface area contributed by atoms with Crippen LogP contribution in [0.2, 0.25) is 5.02 Å². The van der Waals surface area contributed by atoms with Crippen molar-refractivity contribution in [3.63, 3.8) is 0 Å². The van der Waals surface area contributed by atoms with Crippen LogP contribution < -0.4 is 10.1 Å². The van der Waals surface area contributed by atoms with E-state index >= 15 is 0 Å². The fraction of sp³-hybridized carbons (Fsp3) is 0.250. The van der Waals surface area contributed by atoms with Crippen molar-refractivity contribution in [3.05, 3.63) is 62.2 Å². The fourth-order valence-corrected chi connectivity index (χ4v) is 2.72. The highest BCUT2D eigenvalue weighted by Gasteiger charge is 2.15. The quantitative estimate of drug-likeness (QED) is 0.747. The Labute approximate surface area is 138 Å². The van der Waals surface area contributed by atoms with Crippen LogP contribution in [0.3, 0.4) is 0 Å². The van der Waals surface area contributed by atoms with Crippen LogP contribution in [0.1, 0.15) is 17.2 Å². The van der Waals surface area contributed by atoms with E-state index in [0.717, 1.165) is 17.7 Å². The van der Waals surface area contributed by atoms with Crippen molar-refractivity contribution in [3.8, 4) is 5.75 Å². The molecule has 0 aromatic heterocycles. The number of rotatable bonds is 5. The minimum atomic E-state index is 0.197. The number of ether oxygens (including phenoxy) is 1. The molecule has 0 aliphatic rings. The van der Waals surface area contributed by atoms with Crippen LogP contribution in [0.5, 0.6) is 5.75 Å². The molecule has 2 nitrogen and oxygen atoms in total. The van der Waals surface area contributed by atoms with Gasteiger partial charge in [-0.1, -0.05) is 29.8 Å². The van der Waals surface area contributed by atoms with E-state index in [-0.39, 0.29) is 6.04 Å². The first kappa shape index (κ1) is 15.6. The van der Waals surface area contributed by atoms with Gasteiger partial charge in [-0.05, 0) is 65.9 Å². The molecule has 1 unspecified atom stereocenters. The summed E-state index contributed by atoms with van der Waals surface area (Å²) in [4.78, 5) is 0. The van der Waals surface area contributed by atoms with E-state index in [1.165, 1.54) is 9.13 Å². The summed E-state index contributed by atoms with van der Waals surface area (Å²) in [6.45, 7) is 0. The predicted octanol–water partition coefficient (Wildman–Crippen LogP) is 4.46. The van der Waals surface area contributed by atoms with Crippen LogP contribution in [-0.2, 0) is 6.42 Å². The van der Waals surface area contributed by atoms with Crippen LogP contribution in [0.25, 0.3) is 0 Å². The minimum Gasteiger partial charge on any atom is -0.496 e. The standard InChI is InChI=1S/C16H17ClINO/c1-19-15(9-11-3-6-13(18)7-4-11)14-8-5-12(17)10-16(14)20-2/h3-8,10,15,19H,9H2,1-2H3. The number of hydrogen-bond donors (Lipinski definition) is 1. The van der Waals surface area contributed by atoms with Crippen molar-refractivity contribution in [1.82, 2.24) is 5.32 Å². The lowest BCUT2D eigenvalue weighted by atomic mass is 9.98. The van der Waals surface area contributed by atoms with Crippen LogP contribution in [0.4, 0.5) is 0 Å². The molecule has 0 saturated carbocycles. The van der Waals surface area contributed by atoms with E-state index in [1.54, 1.807) is 7.11 Å². The molecule has 4 heteroatoms. The molecule has 0 aliphatic heterocycles. The Bertz CT molecular complexity index is 571. The maximum absolute atomic E-state index is 6.02. The average Bonchev–Trinajstić information content (AvgIpc) is 2.47. The third kappa shape index (κ3) is 3.87. The Morgan fingerprint density at radius 2 is 1.90 bits per heavy atom. The van der Waals surface area contributed by atoms with Crippen LogP contribution in [0.15, 0.2) is 42.5 Å². The molecule has 0 bridgehead atoms. The Morgan fingerprint density at radius 3 is 2.50 bits per heavy atom. The molecule has 1 N–H and O–H groups in total. The smallest absolute Gasteiger partial charge is 0.125 e. The second-order valence-corrected chi connectivity index (χ2v) is 6.24. The second kappa shape index (κ2) is 7.29. The Hall–Kier alpha value is -0.780. The van der Waals surface area contributed by atoms with Gasteiger partial charge in [0.25, 0.3) is 0 Å². The summed E-state index contributed by atoms with van der Waals surface area (Å²) in [5.41, 5.74) is 2.42. The third-order valence-corrected chi connectivity index (χ3v) is 4.23. The molecule has 2 aromatic carbocycles. The topological polar surface area (TPSA) is 21.3 Å². The van der Waals surface area contributed by atoms with Crippen molar-refractivity contribution >= 4 is 34.2 Å². The summed E-state index contributed by atoms with van der Waals surface area (Å²) in [6, 6.07) is 14.6. The molecular weight excluding hydrogens is 385 g/mol. The molecule has 0 radical (unpaired) electrons. The van der Waals surface area contributed by atoms with Gasteiger partial charge in [-0.15, -0.1) is 0 Å². The second-order valence-electron chi connectivity index (χ2n) is 4.56. The summed E-state index contributed by atoms with van der Waals surface area (Å²) in [7, 11) is 3.64. The highest BCUT2D eigenvalue weighted by atomic mass is 127. The van der Waals surface area contributed by atoms with E-state index in [0.29, 0.717) is 5.02 Å². The van der Waals surface area contributed by atoms with Gasteiger partial charge in [-0.2, -0.15) is 0 Å². The molecule has 0 saturated heterocycles. The van der Waals surface area contributed by atoms with E-state index < -0.39 is 0 Å². The first-order valence-corrected chi connectivity index (χ1v) is 7.85. The van der Waals surface area contributed by atoms with Gasteiger partial charge in [-0.25, -0.2) is 0 Å². The van der Waals surface area contributed by atoms with Gasteiger partial charge < -0.3 is 10.1 Å². The van der Waals surface area contributed by atoms with Gasteiger partial charge in [-0.3, -0.25) is 0 Å². The maximum atomic E-state index is 6.02. The monoisotopic (exact) mass is 401 g/mol. The van der Waals surface area contributed by atoms with Crippen LogP contribution in [0, 0.1) is 3.57 Å². The first-order valence-electron chi connectivity index (χ1n) is 6.39. The van der Waals surface area contributed by atoms with E-state index in [1.807, 2.05) is 25.2 Å². The number of likely N-dealkylation sites (N-methyl/N-ethyl adjacent to an activating group) is 1. The Balaban J connectivity index is 2.26. The lowest BCUT2D eigenvalue weighted by Crippen LogP contribution is -2.19. The zero-order valence-electron chi connectivity index (χ0n) is 11.5. The number of hydrogen-bond acceptors (Lipinski definition) is 2. The number of nitrogens with one attached hydrogen (secondary N) is 1. The number of halogens is 2. The molecule has 0 amide bonds. The Morgan fingerprint density at radius 1 is 1.20 bits per heavy atom. The maximum Gasteiger partial charge on any atom is 0.125 e. The van der Waals surface area contributed by atoms with Crippen LogP contribution in [-0.4, -0.2) is 14.2 Å².